The summed E-state index contributed by atoms with van der Waals surface area (Å²) in [5.41, 5.74) is 16.0. The highest BCUT2D eigenvalue weighted by atomic mass is 32.1. The number of aliphatic hydroxyl groups is 1. The zero-order chi connectivity index (χ0) is 22.6. The van der Waals surface area contributed by atoms with Crippen LogP contribution in [-0.4, -0.2) is 82.9 Å². The molecule has 3 amide bonds. The number of rotatable bonds is 13. The number of carboxylic acids is 1. The standard InChI is InChI=1S/C15H29N7O6S/c1-7(16)11(24)20-8(3-2-4-19-15(17)18)12(25)22-10(6-29)13(26)21-9(5-23)14(27)28/h7-10,23,29H,2-6,16H2,1H3,(H,20,24)(H,21,26)(H,22,25)(H,27,28)(H4,17,18,19). The number of aliphatic hydroxyl groups excluding tert-OH is 1. The van der Waals surface area contributed by atoms with Crippen molar-refractivity contribution in [2.75, 3.05) is 18.9 Å². The van der Waals surface area contributed by atoms with Gasteiger partial charge in [0, 0.05) is 12.3 Å². The fourth-order valence-electron chi connectivity index (χ4n) is 2.00. The monoisotopic (exact) mass is 435 g/mol. The fourth-order valence-corrected chi connectivity index (χ4v) is 2.26. The van der Waals surface area contributed by atoms with Gasteiger partial charge in [-0.25, -0.2) is 4.79 Å². The molecule has 0 aromatic carbocycles. The molecule has 0 aromatic heterocycles. The third-order valence-corrected chi connectivity index (χ3v) is 3.97. The lowest BCUT2D eigenvalue weighted by Gasteiger charge is -2.23. The molecule has 0 heterocycles. The molecule has 0 aromatic rings. The lowest BCUT2D eigenvalue weighted by molar-refractivity contribution is -0.143. The first kappa shape index (κ1) is 26.4. The molecule has 0 spiro atoms. The van der Waals surface area contributed by atoms with E-state index in [0.717, 1.165) is 0 Å². The average molecular weight is 436 g/mol. The van der Waals surface area contributed by atoms with Gasteiger partial charge in [-0.05, 0) is 19.8 Å². The maximum absolute atomic E-state index is 12.6. The molecule has 166 valence electrons. The minimum atomic E-state index is -1.53. The maximum Gasteiger partial charge on any atom is 0.328 e. The summed E-state index contributed by atoms with van der Waals surface area (Å²) in [6, 6.07) is -4.64. The first-order chi connectivity index (χ1) is 13.5. The molecule has 0 saturated carbocycles. The number of carboxylic acid groups (broad SMARTS) is 1. The van der Waals surface area contributed by atoms with Gasteiger partial charge < -0.3 is 43.4 Å². The van der Waals surface area contributed by atoms with Gasteiger partial charge in [-0.1, -0.05) is 0 Å². The van der Waals surface area contributed by atoms with Crippen LogP contribution >= 0.6 is 12.6 Å². The number of aliphatic carboxylic acids is 1. The van der Waals surface area contributed by atoms with Crippen molar-refractivity contribution < 1.29 is 29.4 Å². The smallest absolute Gasteiger partial charge is 0.328 e. The number of thiol groups is 1. The van der Waals surface area contributed by atoms with E-state index >= 15 is 0 Å². The minimum absolute atomic E-state index is 0.116. The molecule has 29 heavy (non-hydrogen) atoms. The Kier molecular flexibility index (Phi) is 12.4. The van der Waals surface area contributed by atoms with E-state index in [-0.39, 0.29) is 24.7 Å². The summed E-state index contributed by atoms with van der Waals surface area (Å²) in [6.45, 7) is 0.828. The normalized spacial score (nSPS) is 14.6. The van der Waals surface area contributed by atoms with Crippen LogP contribution in [0.4, 0.5) is 0 Å². The topological polar surface area (TPSA) is 235 Å². The van der Waals surface area contributed by atoms with Crippen molar-refractivity contribution in [2.45, 2.75) is 43.9 Å². The second kappa shape index (κ2) is 13.6. The number of carbonyl (C=O) groups is 4. The molecule has 4 unspecified atom stereocenters. The number of guanidine groups is 1. The third kappa shape index (κ3) is 10.5. The Balaban J connectivity index is 5.11. The first-order valence-corrected chi connectivity index (χ1v) is 9.33. The van der Waals surface area contributed by atoms with Gasteiger partial charge in [-0.15, -0.1) is 0 Å². The van der Waals surface area contributed by atoms with Gasteiger partial charge in [0.2, 0.25) is 17.7 Å². The molecule has 0 bridgehead atoms. The number of nitrogens with zero attached hydrogens (tertiary/aromatic N) is 1. The molecule has 0 aliphatic rings. The van der Waals surface area contributed by atoms with Crippen LogP contribution in [0.15, 0.2) is 4.99 Å². The molecule has 0 radical (unpaired) electrons. The second-order valence-corrected chi connectivity index (χ2v) is 6.49. The summed E-state index contributed by atoms with van der Waals surface area (Å²) >= 11 is 3.97. The Hall–Kier alpha value is -2.58. The molecule has 11 N–H and O–H groups in total. The van der Waals surface area contributed by atoms with E-state index in [1.54, 1.807) is 0 Å². The van der Waals surface area contributed by atoms with Crippen LogP contribution in [0.3, 0.4) is 0 Å². The zero-order valence-corrected chi connectivity index (χ0v) is 16.9. The number of amides is 3. The first-order valence-electron chi connectivity index (χ1n) is 8.70. The highest BCUT2D eigenvalue weighted by molar-refractivity contribution is 7.80. The Morgan fingerprint density at radius 1 is 1.00 bits per heavy atom. The lowest BCUT2D eigenvalue weighted by atomic mass is 10.1. The highest BCUT2D eigenvalue weighted by Gasteiger charge is 2.28. The predicted molar refractivity (Wildman–Crippen MR) is 108 cm³/mol. The van der Waals surface area contributed by atoms with Gasteiger partial charge in [0.25, 0.3) is 0 Å². The van der Waals surface area contributed by atoms with E-state index in [2.05, 4.69) is 33.6 Å². The van der Waals surface area contributed by atoms with Crippen molar-refractivity contribution in [3.05, 3.63) is 0 Å². The van der Waals surface area contributed by atoms with Gasteiger partial charge in [0.1, 0.15) is 18.1 Å². The quantitative estimate of drug-likeness (QED) is 0.0590. The molecule has 0 saturated heterocycles. The second-order valence-electron chi connectivity index (χ2n) is 6.12. The maximum atomic E-state index is 12.6. The van der Waals surface area contributed by atoms with E-state index in [4.69, 9.17) is 27.4 Å². The molecule has 4 atom stereocenters. The van der Waals surface area contributed by atoms with Crippen molar-refractivity contribution in [1.82, 2.24) is 16.0 Å². The van der Waals surface area contributed by atoms with Gasteiger partial charge in [-0.2, -0.15) is 12.6 Å². The zero-order valence-electron chi connectivity index (χ0n) is 16.0. The molecule has 0 aliphatic heterocycles. The van der Waals surface area contributed by atoms with Crippen LogP contribution in [-0.2, 0) is 19.2 Å². The number of hydrogen-bond donors (Lipinski definition) is 9. The van der Waals surface area contributed by atoms with Gasteiger partial charge in [0.15, 0.2) is 5.96 Å². The van der Waals surface area contributed by atoms with Gasteiger partial charge in [0.05, 0.1) is 12.6 Å². The van der Waals surface area contributed by atoms with Crippen molar-refractivity contribution in [1.29, 1.82) is 0 Å². The summed E-state index contributed by atoms with van der Waals surface area (Å²) in [7, 11) is 0. The Bertz CT molecular complexity index is 612. The lowest BCUT2D eigenvalue weighted by Crippen LogP contribution is -2.57. The number of nitrogens with one attached hydrogen (secondary N) is 3. The molecule has 0 fully saturated rings. The SMILES string of the molecule is CC(N)C(=O)NC(CCCN=C(N)N)C(=O)NC(CS)C(=O)NC(CO)C(=O)O. The molecule has 0 aliphatic carbocycles. The summed E-state index contributed by atoms with van der Waals surface area (Å²) in [5.74, 6) is -3.84. The summed E-state index contributed by atoms with van der Waals surface area (Å²) in [6.07, 6.45) is 0.495. The van der Waals surface area contributed by atoms with Crippen LogP contribution in [0.5, 0.6) is 0 Å². The van der Waals surface area contributed by atoms with Crippen LogP contribution in [0.2, 0.25) is 0 Å². The minimum Gasteiger partial charge on any atom is -0.480 e. The summed E-state index contributed by atoms with van der Waals surface area (Å²) < 4.78 is 0. The van der Waals surface area contributed by atoms with Crippen LogP contribution in [0.25, 0.3) is 0 Å². The van der Waals surface area contributed by atoms with Gasteiger partial charge in [-0.3, -0.25) is 19.4 Å². The van der Waals surface area contributed by atoms with Crippen molar-refractivity contribution in [3.8, 4) is 0 Å². The molecular formula is C15H29N7O6S. The van der Waals surface area contributed by atoms with Crippen molar-refractivity contribution in [3.63, 3.8) is 0 Å². The van der Waals surface area contributed by atoms with Crippen LogP contribution in [0.1, 0.15) is 19.8 Å². The number of nitrogens with two attached hydrogens (primary N) is 3. The van der Waals surface area contributed by atoms with Crippen LogP contribution < -0.4 is 33.2 Å². The number of carbonyl (C=O) groups excluding carboxylic acids is 3. The molecule has 14 heteroatoms. The van der Waals surface area contributed by atoms with Gasteiger partial charge >= 0.3 is 5.97 Å². The molecule has 13 nitrogen and oxygen atoms in total. The Morgan fingerprint density at radius 3 is 1.97 bits per heavy atom. The van der Waals surface area contributed by atoms with Crippen molar-refractivity contribution in [2.24, 2.45) is 22.2 Å². The van der Waals surface area contributed by atoms with E-state index in [1.807, 2.05) is 0 Å². The third-order valence-electron chi connectivity index (χ3n) is 3.60. The summed E-state index contributed by atoms with van der Waals surface area (Å²) in [5, 5.41) is 24.8. The molecule has 0 rings (SSSR count). The van der Waals surface area contributed by atoms with E-state index in [0.29, 0.717) is 6.42 Å². The van der Waals surface area contributed by atoms with Crippen LogP contribution in [0, 0.1) is 0 Å². The van der Waals surface area contributed by atoms with Crippen molar-refractivity contribution >= 4 is 42.3 Å². The number of hydrogen-bond acceptors (Lipinski definition) is 8. The average Bonchev–Trinajstić information content (AvgIpc) is 2.65. The molecular weight excluding hydrogens is 406 g/mol. The number of aliphatic imine (C=N–C) groups is 1. The summed E-state index contributed by atoms with van der Waals surface area (Å²) in [4.78, 5) is 51.3. The van der Waals surface area contributed by atoms with E-state index in [1.165, 1.54) is 6.92 Å². The largest absolute Gasteiger partial charge is 0.480 e. The highest BCUT2D eigenvalue weighted by Crippen LogP contribution is 2.02. The van der Waals surface area contributed by atoms with E-state index < -0.39 is 54.5 Å². The Labute approximate surface area is 173 Å². The Morgan fingerprint density at radius 2 is 1.52 bits per heavy atom. The van der Waals surface area contributed by atoms with E-state index in [9.17, 15) is 19.2 Å². The fraction of sp³-hybridized carbons (Fsp3) is 0.667. The predicted octanol–water partition coefficient (Wildman–Crippen LogP) is -4.15.